The van der Waals surface area contributed by atoms with Gasteiger partial charge in [0.25, 0.3) is 5.91 Å². The number of carbonyl (C=O) groups excluding carboxylic acids is 1. The van der Waals surface area contributed by atoms with Crippen LogP contribution in [0.25, 0.3) is 0 Å². The first-order valence-corrected chi connectivity index (χ1v) is 7.82. The highest BCUT2D eigenvalue weighted by molar-refractivity contribution is 6.30. The highest BCUT2D eigenvalue weighted by Gasteiger charge is 2.59. The number of hydrogen-bond acceptors (Lipinski definition) is 2. The van der Waals surface area contributed by atoms with E-state index in [0.29, 0.717) is 0 Å². The molecule has 2 aliphatic rings. The molecule has 24 heavy (non-hydrogen) atoms. The minimum Gasteiger partial charge on any atom is -0.339 e. The van der Waals surface area contributed by atoms with E-state index in [4.69, 9.17) is 16.3 Å². The average Bonchev–Trinajstić information content (AvgIpc) is 3.32. The summed E-state index contributed by atoms with van der Waals surface area (Å²) in [6.45, 7) is 3.41. The minimum absolute atomic E-state index is 0.0199. The van der Waals surface area contributed by atoms with Crippen LogP contribution >= 0.6 is 11.6 Å². The van der Waals surface area contributed by atoms with Gasteiger partial charge in [-0.2, -0.15) is 13.2 Å². The van der Waals surface area contributed by atoms with Gasteiger partial charge in [0.15, 0.2) is 6.10 Å². The number of amides is 1. The number of alkyl halides is 3. The number of benzene rings is 1. The van der Waals surface area contributed by atoms with Crippen molar-refractivity contribution in [2.75, 3.05) is 5.32 Å². The first-order chi connectivity index (χ1) is 11.3. The van der Waals surface area contributed by atoms with E-state index in [1.807, 2.05) is 0 Å². The molecule has 1 fully saturated rings. The maximum Gasteiger partial charge on any atom is 0.425 e. The third kappa shape index (κ3) is 2.96. The smallest absolute Gasteiger partial charge is 0.339 e. The van der Waals surface area contributed by atoms with Crippen LogP contribution in [0.4, 0.5) is 18.9 Å². The lowest BCUT2D eigenvalue weighted by Crippen LogP contribution is -2.45. The Kier molecular flexibility index (Phi) is 4.21. The third-order valence-corrected chi connectivity index (χ3v) is 4.31. The van der Waals surface area contributed by atoms with Gasteiger partial charge in [0.1, 0.15) is 0 Å². The van der Waals surface area contributed by atoms with Crippen molar-refractivity contribution in [3.05, 3.63) is 53.6 Å². The molecule has 3 rings (SSSR count). The van der Waals surface area contributed by atoms with Crippen molar-refractivity contribution >= 4 is 23.2 Å². The van der Waals surface area contributed by atoms with Gasteiger partial charge in [-0.1, -0.05) is 30.3 Å². The second-order valence-electron chi connectivity index (χ2n) is 5.88. The summed E-state index contributed by atoms with van der Waals surface area (Å²) in [5, 5.41) is 2.58. The maximum atomic E-state index is 14.1. The molecule has 0 aromatic heterocycles. The molecule has 1 aliphatic carbocycles. The van der Waals surface area contributed by atoms with Crippen molar-refractivity contribution in [3.8, 4) is 0 Å². The molecule has 1 saturated carbocycles. The van der Waals surface area contributed by atoms with Gasteiger partial charge < -0.3 is 10.1 Å². The van der Waals surface area contributed by atoms with E-state index >= 15 is 0 Å². The Hall–Kier alpha value is -1.79. The first-order valence-electron chi connectivity index (χ1n) is 7.44. The number of allylic oxidation sites excluding steroid dienone is 1. The van der Waals surface area contributed by atoms with Gasteiger partial charge in [-0.05, 0) is 43.0 Å². The second kappa shape index (κ2) is 5.93. The Morgan fingerprint density at radius 2 is 2.08 bits per heavy atom. The summed E-state index contributed by atoms with van der Waals surface area (Å²) in [6.07, 6.45) is -1.00. The van der Waals surface area contributed by atoms with Crippen LogP contribution in [0.5, 0.6) is 0 Å². The first kappa shape index (κ1) is 17.0. The molecule has 1 N–H and O–H groups in total. The molecule has 0 spiro atoms. The van der Waals surface area contributed by atoms with Crippen LogP contribution in [-0.4, -0.2) is 18.2 Å². The van der Waals surface area contributed by atoms with Gasteiger partial charge >= 0.3 is 6.18 Å². The van der Waals surface area contributed by atoms with E-state index in [1.54, 1.807) is 0 Å². The summed E-state index contributed by atoms with van der Waals surface area (Å²) < 4.78 is 47.6. The SMILES string of the molecule is C=C[C@@H]1O[C@](C=CC2CC2)(C(F)(F)F)c2cc(Cl)ccc2NC1=O. The van der Waals surface area contributed by atoms with Gasteiger partial charge in [-0.25, -0.2) is 0 Å². The highest BCUT2D eigenvalue weighted by Crippen LogP contribution is 2.49. The molecule has 0 bridgehead atoms. The largest absolute Gasteiger partial charge is 0.425 e. The van der Waals surface area contributed by atoms with Crippen LogP contribution in [-0.2, 0) is 15.1 Å². The summed E-state index contributed by atoms with van der Waals surface area (Å²) in [5.74, 6) is -0.607. The maximum absolute atomic E-state index is 14.1. The van der Waals surface area contributed by atoms with E-state index < -0.39 is 23.8 Å². The van der Waals surface area contributed by atoms with Gasteiger partial charge in [-0.15, -0.1) is 0 Å². The predicted octanol–water partition coefficient (Wildman–Crippen LogP) is 4.59. The Morgan fingerprint density at radius 1 is 1.38 bits per heavy atom. The Bertz CT molecular complexity index is 712. The molecule has 7 heteroatoms. The molecule has 0 radical (unpaired) electrons. The summed E-state index contributed by atoms with van der Waals surface area (Å²) in [4.78, 5) is 12.1. The van der Waals surface area contributed by atoms with Crippen LogP contribution in [0.1, 0.15) is 18.4 Å². The van der Waals surface area contributed by atoms with Crippen molar-refractivity contribution in [1.82, 2.24) is 0 Å². The second-order valence-corrected chi connectivity index (χ2v) is 6.32. The number of ether oxygens (including phenoxy) is 1. The number of carbonyl (C=O) groups is 1. The van der Waals surface area contributed by atoms with Crippen LogP contribution in [0.3, 0.4) is 0 Å². The van der Waals surface area contributed by atoms with E-state index in [9.17, 15) is 18.0 Å². The fourth-order valence-corrected chi connectivity index (χ4v) is 2.78. The number of hydrogen-bond donors (Lipinski definition) is 1. The highest BCUT2D eigenvalue weighted by atomic mass is 35.5. The van der Waals surface area contributed by atoms with Gasteiger partial charge in [0.05, 0.1) is 0 Å². The lowest BCUT2D eigenvalue weighted by molar-refractivity contribution is -0.268. The van der Waals surface area contributed by atoms with Gasteiger partial charge in [0, 0.05) is 16.3 Å². The number of anilines is 1. The van der Waals surface area contributed by atoms with Crippen molar-refractivity contribution in [3.63, 3.8) is 0 Å². The van der Waals surface area contributed by atoms with Gasteiger partial charge in [-0.3, -0.25) is 4.79 Å². The molecule has 1 heterocycles. The van der Waals surface area contributed by atoms with Crippen molar-refractivity contribution < 1.29 is 22.7 Å². The molecule has 0 unspecified atom stereocenters. The molecule has 128 valence electrons. The standard InChI is InChI=1S/C17H15ClF3NO2/c1-2-14-15(23)22-13-6-5-11(18)9-12(13)16(24-14,17(19,20)21)8-7-10-3-4-10/h2,5-10,14H,1,3-4H2,(H,22,23)/t14-,16-/m0/s1. The molecule has 3 nitrogen and oxygen atoms in total. The molecular weight excluding hydrogens is 343 g/mol. The predicted molar refractivity (Wildman–Crippen MR) is 84.7 cm³/mol. The lowest BCUT2D eigenvalue weighted by Gasteiger charge is -2.34. The summed E-state index contributed by atoms with van der Waals surface area (Å²) in [5.41, 5.74) is -2.99. The summed E-state index contributed by atoms with van der Waals surface area (Å²) >= 11 is 5.91. The quantitative estimate of drug-likeness (QED) is 0.804. The summed E-state index contributed by atoms with van der Waals surface area (Å²) in [6, 6.07) is 3.93. The van der Waals surface area contributed by atoms with E-state index in [0.717, 1.165) is 25.0 Å². The fraction of sp³-hybridized carbons (Fsp3) is 0.353. The molecule has 1 amide bonds. The van der Waals surface area contributed by atoms with E-state index in [1.165, 1.54) is 24.3 Å². The monoisotopic (exact) mass is 357 g/mol. The number of rotatable bonds is 3. The van der Waals surface area contributed by atoms with Crippen LogP contribution in [0.15, 0.2) is 43.0 Å². The minimum atomic E-state index is -4.79. The summed E-state index contributed by atoms with van der Waals surface area (Å²) in [7, 11) is 0. The average molecular weight is 358 g/mol. The fourth-order valence-electron chi connectivity index (χ4n) is 2.61. The zero-order valence-corrected chi connectivity index (χ0v) is 13.3. The van der Waals surface area contributed by atoms with Crippen LogP contribution < -0.4 is 5.32 Å². The normalized spacial score (nSPS) is 27.5. The van der Waals surface area contributed by atoms with Crippen molar-refractivity contribution in [2.24, 2.45) is 5.92 Å². The Morgan fingerprint density at radius 3 is 2.67 bits per heavy atom. The van der Waals surface area contributed by atoms with Gasteiger partial charge in [0.2, 0.25) is 5.60 Å². The molecule has 2 atom stereocenters. The Labute approximate surface area is 142 Å². The number of nitrogens with one attached hydrogen (secondary N) is 1. The zero-order valence-electron chi connectivity index (χ0n) is 12.6. The van der Waals surface area contributed by atoms with E-state index in [-0.39, 0.29) is 22.2 Å². The number of halogens is 4. The Balaban J connectivity index is 2.24. The van der Waals surface area contributed by atoms with Crippen molar-refractivity contribution in [2.45, 2.75) is 30.7 Å². The molecule has 1 aromatic rings. The third-order valence-electron chi connectivity index (χ3n) is 4.07. The van der Waals surface area contributed by atoms with Crippen LogP contribution in [0.2, 0.25) is 5.02 Å². The molecular formula is C17H15ClF3NO2. The molecule has 1 aromatic carbocycles. The lowest BCUT2D eigenvalue weighted by atomic mass is 9.90. The topological polar surface area (TPSA) is 38.3 Å². The van der Waals surface area contributed by atoms with E-state index in [2.05, 4.69) is 11.9 Å². The molecule has 1 aliphatic heterocycles. The van der Waals surface area contributed by atoms with Crippen LogP contribution in [0, 0.1) is 5.92 Å². The molecule has 0 saturated heterocycles. The zero-order chi connectivity index (χ0) is 17.5. The van der Waals surface area contributed by atoms with Crippen molar-refractivity contribution in [1.29, 1.82) is 0 Å². The number of fused-ring (bicyclic) bond motifs is 1.